The van der Waals surface area contributed by atoms with Gasteiger partial charge in [0.25, 0.3) is 0 Å². The molecular weight excluding hydrogens is 618 g/mol. The molecule has 3 amide bonds. The zero-order valence-electron chi connectivity index (χ0n) is 26.0. The van der Waals surface area contributed by atoms with Crippen LogP contribution in [0, 0.1) is 0 Å². The van der Waals surface area contributed by atoms with Crippen LogP contribution >= 0.6 is 0 Å². The molecule has 0 aromatic heterocycles. The summed E-state index contributed by atoms with van der Waals surface area (Å²) in [7, 11) is 1.22. The van der Waals surface area contributed by atoms with E-state index in [4.69, 9.17) is 39.0 Å². The van der Waals surface area contributed by atoms with Gasteiger partial charge in [0, 0.05) is 65.3 Å². The quantitative estimate of drug-likeness (QED) is 0.0324. The van der Waals surface area contributed by atoms with Crippen molar-refractivity contribution in [2.45, 2.75) is 88.5 Å². The Kier molecular flexibility index (Phi) is 21.1. The summed E-state index contributed by atoms with van der Waals surface area (Å²) in [6, 6.07) is 0. The second kappa shape index (κ2) is 23.9. The van der Waals surface area contributed by atoms with E-state index in [1.54, 1.807) is 0 Å². The van der Waals surface area contributed by atoms with Gasteiger partial charge in [-0.2, -0.15) is 0 Å². The van der Waals surface area contributed by atoms with Crippen LogP contribution < -0.4 is 16.0 Å². The lowest BCUT2D eigenvalue weighted by molar-refractivity contribution is -0.301. The molecule has 18 heteroatoms. The van der Waals surface area contributed by atoms with Gasteiger partial charge in [0.1, 0.15) is 18.8 Å². The van der Waals surface area contributed by atoms with Gasteiger partial charge in [-0.15, -0.1) is 0 Å². The Morgan fingerprint density at radius 1 is 0.630 bits per heavy atom. The molecule has 1 aliphatic rings. The first-order chi connectivity index (χ1) is 22.1. The van der Waals surface area contributed by atoms with Crippen molar-refractivity contribution in [3.63, 3.8) is 0 Å². The van der Waals surface area contributed by atoms with Crippen LogP contribution in [0.15, 0.2) is 0 Å². The number of amides is 3. The van der Waals surface area contributed by atoms with E-state index in [1.807, 2.05) is 0 Å². The number of methoxy groups -OCH3 is 1. The molecule has 1 heterocycles. The van der Waals surface area contributed by atoms with E-state index in [-0.39, 0.29) is 103 Å². The van der Waals surface area contributed by atoms with Crippen molar-refractivity contribution >= 4 is 35.6 Å². The van der Waals surface area contributed by atoms with Gasteiger partial charge in [0.05, 0.1) is 19.8 Å². The maximum Gasteiger partial charge on any atom is 0.306 e. The molecule has 0 aromatic carbocycles. The molecule has 0 saturated carbocycles. The number of hydrogen-bond acceptors (Lipinski definition) is 15. The van der Waals surface area contributed by atoms with Crippen molar-refractivity contribution in [3.8, 4) is 0 Å². The van der Waals surface area contributed by atoms with Crippen LogP contribution in [0.2, 0.25) is 0 Å². The van der Waals surface area contributed by atoms with Gasteiger partial charge in [-0.3, -0.25) is 28.8 Å². The lowest BCUT2D eigenvalue weighted by Crippen LogP contribution is -2.61. The fourth-order valence-corrected chi connectivity index (χ4v) is 4.10. The Bertz CT molecular complexity index is 966. The lowest BCUT2D eigenvalue weighted by Gasteiger charge is -2.42. The molecule has 0 radical (unpaired) electrons. The molecule has 1 saturated heterocycles. The minimum absolute atomic E-state index is 0.0606. The SMILES string of the molecule is CO[C@H]1O[C@H](COC(=O)CCCNC(=O)CCO)[C@@H](O)[C@H](OC(=O)CCCNC(=O)CCO)[C@H]1OC(=O)CCCNC(=O)CCO. The van der Waals surface area contributed by atoms with Crippen LogP contribution in [0.1, 0.15) is 57.8 Å². The number of carbonyl (C=O) groups excluding carboxylic acids is 6. The van der Waals surface area contributed by atoms with Gasteiger partial charge in [-0.1, -0.05) is 0 Å². The first-order valence-corrected chi connectivity index (χ1v) is 15.1. The average molecular weight is 666 g/mol. The number of aliphatic hydroxyl groups is 4. The number of nitrogens with one attached hydrogen (secondary N) is 3. The summed E-state index contributed by atoms with van der Waals surface area (Å²) in [6.45, 7) is -1.01. The molecule has 264 valence electrons. The summed E-state index contributed by atoms with van der Waals surface area (Å²) >= 11 is 0. The van der Waals surface area contributed by atoms with Gasteiger partial charge in [0.2, 0.25) is 17.7 Å². The summed E-state index contributed by atoms with van der Waals surface area (Å²) in [4.78, 5) is 71.9. The molecule has 1 fully saturated rings. The van der Waals surface area contributed by atoms with Crippen molar-refractivity contribution < 1.29 is 72.9 Å². The number of ether oxygens (including phenoxy) is 5. The zero-order valence-corrected chi connectivity index (χ0v) is 26.0. The molecule has 0 bridgehead atoms. The van der Waals surface area contributed by atoms with Crippen LogP contribution in [-0.4, -0.2) is 140 Å². The van der Waals surface area contributed by atoms with E-state index >= 15 is 0 Å². The molecule has 7 N–H and O–H groups in total. The van der Waals surface area contributed by atoms with Crippen LogP contribution in [0.25, 0.3) is 0 Å². The molecule has 1 aliphatic heterocycles. The van der Waals surface area contributed by atoms with Crippen LogP contribution in [0.3, 0.4) is 0 Å². The number of hydrogen-bond donors (Lipinski definition) is 7. The fraction of sp³-hybridized carbons (Fsp3) is 0.786. The Labute approximate surface area is 266 Å². The predicted molar refractivity (Wildman–Crippen MR) is 154 cm³/mol. The van der Waals surface area contributed by atoms with Gasteiger partial charge >= 0.3 is 17.9 Å². The zero-order chi connectivity index (χ0) is 34.3. The highest BCUT2D eigenvalue weighted by molar-refractivity contribution is 5.77. The molecule has 0 aliphatic carbocycles. The highest BCUT2D eigenvalue weighted by Gasteiger charge is 2.50. The third-order valence-corrected chi connectivity index (χ3v) is 6.45. The van der Waals surface area contributed by atoms with Crippen molar-refractivity contribution in [1.29, 1.82) is 0 Å². The van der Waals surface area contributed by atoms with Crippen molar-refractivity contribution in [2.24, 2.45) is 0 Å². The van der Waals surface area contributed by atoms with E-state index in [1.165, 1.54) is 7.11 Å². The summed E-state index contributed by atoms with van der Waals surface area (Å²) < 4.78 is 27.2. The largest absolute Gasteiger partial charge is 0.463 e. The highest BCUT2D eigenvalue weighted by Crippen LogP contribution is 2.28. The number of carbonyl (C=O) groups is 6. The highest BCUT2D eigenvalue weighted by atomic mass is 16.7. The first-order valence-electron chi connectivity index (χ1n) is 15.1. The second-order valence-electron chi connectivity index (χ2n) is 10.1. The van der Waals surface area contributed by atoms with E-state index in [0.717, 1.165) is 0 Å². The summed E-state index contributed by atoms with van der Waals surface area (Å²) in [5, 5.41) is 45.0. The van der Waals surface area contributed by atoms with Gasteiger partial charge in [0.15, 0.2) is 18.5 Å². The molecule has 1 rings (SSSR count). The molecule has 0 aromatic rings. The molecule has 46 heavy (non-hydrogen) atoms. The Balaban J connectivity index is 2.83. The van der Waals surface area contributed by atoms with E-state index < -0.39 is 67.0 Å². The first kappa shape index (κ1) is 40.6. The third kappa shape index (κ3) is 16.8. The Morgan fingerprint density at radius 3 is 1.46 bits per heavy atom. The van der Waals surface area contributed by atoms with Crippen molar-refractivity contribution in [1.82, 2.24) is 16.0 Å². The molecule has 5 atom stereocenters. The number of aliphatic hydroxyl groups excluding tert-OH is 4. The van der Waals surface area contributed by atoms with Crippen LogP contribution in [-0.2, 0) is 52.5 Å². The number of rotatable bonds is 23. The van der Waals surface area contributed by atoms with Crippen LogP contribution in [0.4, 0.5) is 0 Å². The molecule has 0 spiro atoms. The summed E-state index contributed by atoms with van der Waals surface area (Å²) in [5.41, 5.74) is 0. The molecule has 0 unspecified atom stereocenters. The van der Waals surface area contributed by atoms with Gasteiger partial charge in [-0.05, 0) is 19.3 Å². The van der Waals surface area contributed by atoms with E-state index in [2.05, 4.69) is 16.0 Å². The van der Waals surface area contributed by atoms with Crippen LogP contribution in [0.5, 0.6) is 0 Å². The Hall–Kier alpha value is -3.42. The summed E-state index contributed by atoms with van der Waals surface area (Å²) in [6.07, 6.45) is -7.27. The van der Waals surface area contributed by atoms with Gasteiger partial charge < -0.3 is 60.1 Å². The number of esters is 3. The topological polar surface area (TPSA) is 266 Å². The fourth-order valence-electron chi connectivity index (χ4n) is 4.10. The minimum Gasteiger partial charge on any atom is -0.463 e. The monoisotopic (exact) mass is 665 g/mol. The standard InChI is InChI=1S/C28H47N3O15/c1-42-28-27(46-24(40)7-4-13-31-21(37)10-16-34)26(45-23(39)6-3-12-30-20(36)9-15-33)25(41)18(44-28)17-43-22(38)5-2-11-29-19(35)8-14-32/h18,25-28,32-34,41H,2-17H2,1H3,(H,29,35)(H,30,36)(H,31,37)/t18-,25-,26+,27-,28+/m1/s1. The molecular formula is C28H47N3O15. The maximum absolute atomic E-state index is 12.7. The summed E-state index contributed by atoms with van der Waals surface area (Å²) in [5.74, 6) is -3.41. The second-order valence-corrected chi connectivity index (χ2v) is 10.1. The van der Waals surface area contributed by atoms with Crippen molar-refractivity contribution in [2.75, 3.05) is 53.2 Å². The average Bonchev–Trinajstić information content (AvgIpc) is 3.01. The minimum atomic E-state index is -1.64. The third-order valence-electron chi connectivity index (χ3n) is 6.45. The molecule has 18 nitrogen and oxygen atoms in total. The maximum atomic E-state index is 12.7. The smallest absolute Gasteiger partial charge is 0.306 e. The lowest BCUT2D eigenvalue weighted by atomic mass is 9.98. The van der Waals surface area contributed by atoms with Gasteiger partial charge in [-0.25, -0.2) is 0 Å². The van der Waals surface area contributed by atoms with E-state index in [0.29, 0.717) is 0 Å². The van der Waals surface area contributed by atoms with E-state index in [9.17, 15) is 33.9 Å². The van der Waals surface area contributed by atoms with Crippen molar-refractivity contribution in [3.05, 3.63) is 0 Å². The normalized spacial score (nSPS) is 20.7. The Morgan fingerprint density at radius 2 is 1.04 bits per heavy atom. The predicted octanol–water partition coefficient (Wildman–Crippen LogP) is -3.08.